The van der Waals surface area contributed by atoms with Gasteiger partial charge in [0, 0.05) is 0 Å². The van der Waals surface area contributed by atoms with Gasteiger partial charge in [0.2, 0.25) is 5.96 Å². The Morgan fingerprint density at radius 1 is 1.25 bits per heavy atom. The van der Waals surface area contributed by atoms with Gasteiger partial charge in [-0.2, -0.15) is 0 Å². The second-order valence-electron chi connectivity index (χ2n) is 5.59. The van der Waals surface area contributed by atoms with Crippen LogP contribution < -0.4 is 10.1 Å². The van der Waals surface area contributed by atoms with Crippen molar-refractivity contribution in [3.8, 4) is 5.75 Å². The molecule has 0 unspecified atom stereocenters. The normalized spacial score (nSPS) is 13.1. The molecule has 1 heterocycles. The van der Waals surface area contributed by atoms with Gasteiger partial charge in [0.1, 0.15) is 12.4 Å². The number of hydrogen-bond donors (Lipinski definition) is 1. The van der Waals surface area contributed by atoms with Gasteiger partial charge in [0.15, 0.2) is 0 Å². The number of carbonyl (C=O) groups excluding carboxylic acids is 1. The lowest BCUT2D eigenvalue weighted by Gasteiger charge is -2.20. The molecule has 0 aliphatic carbocycles. The van der Waals surface area contributed by atoms with E-state index in [9.17, 15) is 14.9 Å². The number of hydrogen-bond acceptors (Lipinski definition) is 7. The highest BCUT2D eigenvalue weighted by Gasteiger charge is 2.26. The second kappa shape index (κ2) is 8.77. The third-order valence-corrected chi connectivity index (χ3v) is 4.33. The molecule has 0 aromatic heterocycles. The van der Waals surface area contributed by atoms with E-state index in [-0.39, 0.29) is 18.3 Å². The molecule has 1 amide bonds. The van der Waals surface area contributed by atoms with Crippen LogP contribution in [0.2, 0.25) is 10.0 Å². The van der Waals surface area contributed by atoms with Crippen molar-refractivity contribution in [2.45, 2.75) is 6.61 Å². The zero-order chi connectivity index (χ0) is 20.1. The number of benzene rings is 2. The Balaban J connectivity index is 1.68. The molecule has 3 rings (SSSR count). The topological polar surface area (TPSA) is 106 Å². The van der Waals surface area contributed by atoms with Crippen LogP contribution in [0.1, 0.15) is 5.56 Å². The molecule has 0 bridgehead atoms. The largest absolute Gasteiger partial charge is 0.422 e. The second-order valence-corrected chi connectivity index (χ2v) is 6.41. The van der Waals surface area contributed by atoms with Crippen LogP contribution in [0.15, 0.2) is 47.5 Å². The van der Waals surface area contributed by atoms with E-state index in [1.165, 1.54) is 11.0 Å². The third kappa shape index (κ3) is 4.81. The van der Waals surface area contributed by atoms with E-state index in [0.717, 1.165) is 0 Å². The minimum Gasteiger partial charge on any atom is -0.410 e. The maximum Gasteiger partial charge on any atom is 0.422 e. The fraction of sp³-hybridized carbons (Fsp3) is 0.176. The lowest BCUT2D eigenvalue weighted by molar-refractivity contribution is -0.763. The van der Waals surface area contributed by atoms with Crippen LogP contribution in [0.4, 0.5) is 10.5 Å². The first kappa shape index (κ1) is 19.7. The number of guanidine groups is 1. The predicted octanol–water partition coefficient (Wildman–Crippen LogP) is 3.98. The van der Waals surface area contributed by atoms with Gasteiger partial charge in [-0.05, 0) is 29.8 Å². The number of aliphatic imine (C=N–C) groups is 1. The molecule has 2 aromatic rings. The highest BCUT2D eigenvalue weighted by molar-refractivity contribution is 6.39. The maximum atomic E-state index is 12.5. The van der Waals surface area contributed by atoms with Crippen molar-refractivity contribution in [3.63, 3.8) is 0 Å². The first-order chi connectivity index (χ1) is 13.4. The summed E-state index contributed by atoms with van der Waals surface area (Å²) < 4.78 is 5.35. The molecule has 0 radical (unpaired) electrons. The van der Waals surface area contributed by atoms with Crippen molar-refractivity contribution >= 4 is 40.9 Å². The Morgan fingerprint density at radius 2 is 1.96 bits per heavy atom. The van der Waals surface area contributed by atoms with Gasteiger partial charge in [-0.3, -0.25) is 4.99 Å². The first-order valence-electron chi connectivity index (χ1n) is 8.05. The molecule has 1 aliphatic heterocycles. The summed E-state index contributed by atoms with van der Waals surface area (Å²) in [5, 5.41) is 13.1. The van der Waals surface area contributed by atoms with Gasteiger partial charge in [0.05, 0.1) is 28.8 Å². The van der Waals surface area contributed by atoms with E-state index in [0.29, 0.717) is 34.4 Å². The van der Waals surface area contributed by atoms with Crippen LogP contribution in [0.5, 0.6) is 5.75 Å². The zero-order valence-corrected chi connectivity index (χ0v) is 15.8. The molecule has 0 fully saturated rings. The zero-order valence-electron chi connectivity index (χ0n) is 14.3. The number of carbonyl (C=O) groups is 1. The fourth-order valence-corrected chi connectivity index (χ4v) is 2.93. The average Bonchev–Trinajstić information content (AvgIpc) is 3.12. The van der Waals surface area contributed by atoms with E-state index in [4.69, 9.17) is 27.9 Å². The Labute approximate surface area is 169 Å². The van der Waals surface area contributed by atoms with Gasteiger partial charge >= 0.3 is 6.09 Å². The Morgan fingerprint density at radius 3 is 2.68 bits per heavy atom. The molecule has 0 atom stereocenters. The summed E-state index contributed by atoms with van der Waals surface area (Å²) in [5.74, 6) is 0.476. The summed E-state index contributed by atoms with van der Waals surface area (Å²) in [5.41, 5.74) is 0.918. The quantitative estimate of drug-likeness (QED) is 0.574. The molecule has 0 saturated carbocycles. The van der Waals surface area contributed by atoms with Gasteiger partial charge in [0.25, 0.3) is 5.09 Å². The molecule has 2 aromatic carbocycles. The van der Waals surface area contributed by atoms with Crippen LogP contribution in [0.3, 0.4) is 0 Å². The van der Waals surface area contributed by atoms with Crippen LogP contribution in [0, 0.1) is 10.1 Å². The van der Waals surface area contributed by atoms with Gasteiger partial charge in [-0.1, -0.05) is 41.4 Å². The molecular weight excluding hydrogens is 411 g/mol. The smallest absolute Gasteiger partial charge is 0.410 e. The van der Waals surface area contributed by atoms with Gasteiger partial charge in [-0.15, -0.1) is 10.1 Å². The number of ether oxygens (including phenoxy) is 1. The van der Waals surface area contributed by atoms with E-state index in [2.05, 4.69) is 15.1 Å². The molecule has 0 spiro atoms. The molecule has 11 heteroatoms. The number of nitrogens with zero attached hydrogens (tertiary/aromatic N) is 3. The summed E-state index contributed by atoms with van der Waals surface area (Å²) >= 11 is 12.3. The molecule has 0 saturated heterocycles. The molecule has 1 aliphatic rings. The number of anilines is 1. The number of amides is 1. The molecule has 28 heavy (non-hydrogen) atoms. The third-order valence-electron chi connectivity index (χ3n) is 3.70. The number of halogens is 2. The molecule has 1 N–H and O–H groups in total. The molecular formula is C17H14Cl2N4O5. The van der Waals surface area contributed by atoms with Gasteiger partial charge < -0.3 is 14.9 Å². The lowest BCUT2D eigenvalue weighted by Crippen LogP contribution is -2.40. The number of para-hydroxylation sites is 1. The highest BCUT2D eigenvalue weighted by atomic mass is 35.5. The van der Waals surface area contributed by atoms with Crippen molar-refractivity contribution in [1.29, 1.82) is 0 Å². The summed E-state index contributed by atoms with van der Waals surface area (Å²) in [6.07, 6.45) is -0.667. The summed E-state index contributed by atoms with van der Waals surface area (Å²) in [6.45, 7) is 0.449. The van der Waals surface area contributed by atoms with E-state index < -0.39 is 11.2 Å². The van der Waals surface area contributed by atoms with E-state index in [1.807, 2.05) is 0 Å². The van der Waals surface area contributed by atoms with Crippen molar-refractivity contribution in [3.05, 3.63) is 68.2 Å². The Hall–Kier alpha value is -3.04. The minimum absolute atomic E-state index is 0.219. The Kier molecular flexibility index (Phi) is 6.17. The minimum atomic E-state index is -0.892. The van der Waals surface area contributed by atoms with Crippen molar-refractivity contribution in [2.24, 2.45) is 4.99 Å². The number of nitrogens with one attached hydrogen (secondary N) is 1. The molecule has 146 valence electrons. The highest BCUT2D eigenvalue weighted by Crippen LogP contribution is 2.30. The summed E-state index contributed by atoms with van der Waals surface area (Å²) in [4.78, 5) is 32.7. The standard InChI is InChI=1S/C17H14Cl2N4O5/c18-13-5-2-6-14(19)15(13)21-16-20-7-8-22(16)17(24)28-12-4-1-3-11(9-12)10-27-23(25)26/h1-6,9H,7-8,10H2,(H,20,21). The first-order valence-corrected chi connectivity index (χ1v) is 8.80. The molecule has 9 nitrogen and oxygen atoms in total. The van der Waals surface area contributed by atoms with Crippen LogP contribution >= 0.6 is 23.2 Å². The SMILES string of the molecule is O=C(Oc1cccc(CO[N+](=O)[O-])c1)N1CCN=C1Nc1c(Cl)cccc1Cl. The van der Waals surface area contributed by atoms with Crippen LogP contribution in [-0.2, 0) is 11.4 Å². The van der Waals surface area contributed by atoms with Crippen molar-refractivity contribution in [1.82, 2.24) is 4.90 Å². The van der Waals surface area contributed by atoms with Crippen LogP contribution in [-0.4, -0.2) is 35.1 Å². The monoisotopic (exact) mass is 424 g/mol. The number of rotatable bonds is 5. The average molecular weight is 425 g/mol. The van der Waals surface area contributed by atoms with Gasteiger partial charge in [-0.25, -0.2) is 9.69 Å². The lowest BCUT2D eigenvalue weighted by atomic mass is 10.2. The van der Waals surface area contributed by atoms with E-state index in [1.54, 1.807) is 36.4 Å². The maximum absolute atomic E-state index is 12.5. The fourth-order valence-electron chi connectivity index (χ4n) is 2.44. The Bertz CT molecular complexity index is 917. The predicted molar refractivity (Wildman–Crippen MR) is 103 cm³/mol. The van der Waals surface area contributed by atoms with Crippen LogP contribution in [0.25, 0.3) is 0 Å². The van der Waals surface area contributed by atoms with E-state index >= 15 is 0 Å². The van der Waals surface area contributed by atoms with Crippen molar-refractivity contribution < 1.29 is 19.5 Å². The summed E-state index contributed by atoms with van der Waals surface area (Å²) in [6, 6.07) is 11.3. The summed E-state index contributed by atoms with van der Waals surface area (Å²) in [7, 11) is 0. The van der Waals surface area contributed by atoms with Crippen molar-refractivity contribution in [2.75, 3.05) is 18.4 Å².